The first-order valence-corrected chi connectivity index (χ1v) is 4.84. The van der Waals surface area contributed by atoms with Crippen LogP contribution in [0.15, 0.2) is 15.8 Å². The molecule has 0 radical (unpaired) electrons. The fraction of sp³-hybridized carbons (Fsp3) is 0.300. The summed E-state index contributed by atoms with van der Waals surface area (Å²) in [6.45, 7) is 3.56. The number of hydrogen-bond donors (Lipinski definition) is 1. The first-order chi connectivity index (χ1) is 7.54. The van der Waals surface area contributed by atoms with Crippen LogP contribution >= 0.6 is 0 Å². The zero-order valence-electron chi connectivity index (χ0n) is 8.87. The number of H-pyrrole nitrogens is 1. The number of pyridine rings is 1. The molecule has 0 aliphatic rings. The minimum absolute atomic E-state index is 0.00407. The van der Waals surface area contributed by atoms with E-state index in [-0.39, 0.29) is 16.6 Å². The second kappa shape index (κ2) is 3.55. The van der Waals surface area contributed by atoms with E-state index in [0.29, 0.717) is 6.54 Å². The number of nitrogens with zero attached hydrogens (tertiary/aromatic N) is 2. The molecule has 0 fully saturated rings. The highest BCUT2D eigenvalue weighted by atomic mass is 19.1. The second-order valence-corrected chi connectivity index (χ2v) is 3.46. The van der Waals surface area contributed by atoms with Crippen LogP contribution in [-0.4, -0.2) is 14.5 Å². The number of fused-ring (bicyclic) bond motifs is 1. The highest BCUT2D eigenvalue weighted by Gasteiger charge is 2.10. The van der Waals surface area contributed by atoms with Gasteiger partial charge in [-0.3, -0.25) is 9.36 Å². The summed E-state index contributed by atoms with van der Waals surface area (Å²) in [5, 5.41) is 0.223. The molecule has 0 aliphatic carbocycles. The van der Waals surface area contributed by atoms with Crippen molar-refractivity contribution in [3.05, 3.63) is 38.4 Å². The number of aryl methyl sites for hydroxylation is 1. The quantitative estimate of drug-likeness (QED) is 0.718. The summed E-state index contributed by atoms with van der Waals surface area (Å²) in [6, 6.07) is 0. The predicted octanol–water partition coefficient (Wildman–Crippen LogP) is 0.552. The molecule has 0 spiro atoms. The highest BCUT2D eigenvalue weighted by molar-refractivity contribution is 5.73. The van der Waals surface area contributed by atoms with Crippen molar-refractivity contribution in [2.45, 2.75) is 20.4 Å². The molecule has 0 unspecified atom stereocenters. The van der Waals surface area contributed by atoms with Crippen LogP contribution in [0.1, 0.15) is 12.5 Å². The third-order valence-corrected chi connectivity index (χ3v) is 2.48. The van der Waals surface area contributed by atoms with Gasteiger partial charge in [-0.15, -0.1) is 0 Å². The van der Waals surface area contributed by atoms with Crippen molar-refractivity contribution in [2.75, 3.05) is 0 Å². The Hall–Kier alpha value is -1.98. The molecule has 0 aromatic carbocycles. The fourth-order valence-corrected chi connectivity index (χ4v) is 1.48. The maximum atomic E-state index is 13.2. The summed E-state index contributed by atoms with van der Waals surface area (Å²) < 4.78 is 14.5. The van der Waals surface area contributed by atoms with E-state index < -0.39 is 17.1 Å². The lowest BCUT2D eigenvalue weighted by atomic mass is 10.2. The largest absolute Gasteiger partial charge is 0.349 e. The Morgan fingerprint density at radius 2 is 2.19 bits per heavy atom. The van der Waals surface area contributed by atoms with E-state index in [1.54, 1.807) is 6.92 Å². The minimum atomic E-state index is -0.751. The monoisotopic (exact) mass is 223 g/mol. The molecule has 0 amide bonds. The molecule has 0 atom stereocenters. The van der Waals surface area contributed by atoms with Gasteiger partial charge in [0.2, 0.25) is 0 Å². The molecule has 1 N–H and O–H groups in total. The zero-order chi connectivity index (χ0) is 11.9. The summed E-state index contributed by atoms with van der Waals surface area (Å²) in [5.41, 5.74) is -0.965. The number of halogens is 1. The van der Waals surface area contributed by atoms with Crippen LogP contribution in [-0.2, 0) is 6.54 Å². The standard InChI is InChI=1S/C10H10FN3O2/c1-3-14-4-6-7(15)5(2)8(11)12-9(6)13-10(14)16/h4H,3H2,1-2H3,(H,12,13,16). The molecule has 2 heterocycles. The average molecular weight is 223 g/mol. The van der Waals surface area contributed by atoms with Gasteiger partial charge in [-0.1, -0.05) is 0 Å². The van der Waals surface area contributed by atoms with E-state index in [4.69, 9.17) is 0 Å². The molecule has 0 bridgehead atoms. The summed E-state index contributed by atoms with van der Waals surface area (Å²) in [7, 11) is 0. The van der Waals surface area contributed by atoms with Gasteiger partial charge in [-0.05, 0) is 13.8 Å². The normalized spacial score (nSPS) is 10.9. The topological polar surface area (TPSA) is 67.8 Å². The summed E-state index contributed by atoms with van der Waals surface area (Å²) >= 11 is 0. The lowest BCUT2D eigenvalue weighted by Gasteiger charge is -2.04. The number of hydrogen-bond acceptors (Lipinski definition) is 3. The molecular weight excluding hydrogens is 213 g/mol. The van der Waals surface area contributed by atoms with E-state index in [9.17, 15) is 14.0 Å². The van der Waals surface area contributed by atoms with Crippen molar-refractivity contribution < 1.29 is 4.39 Å². The van der Waals surface area contributed by atoms with Gasteiger partial charge < -0.3 is 4.98 Å². The van der Waals surface area contributed by atoms with Gasteiger partial charge in [0, 0.05) is 12.7 Å². The molecule has 0 saturated heterocycles. The van der Waals surface area contributed by atoms with Gasteiger partial charge in [0.05, 0.1) is 10.9 Å². The molecule has 0 saturated carbocycles. The summed E-state index contributed by atoms with van der Waals surface area (Å²) in [6.07, 6.45) is 1.40. The lowest BCUT2D eigenvalue weighted by molar-refractivity contribution is 0.576. The molecule has 6 heteroatoms. The smallest absolute Gasteiger partial charge is 0.316 e. The van der Waals surface area contributed by atoms with Crippen molar-refractivity contribution in [1.29, 1.82) is 0 Å². The first-order valence-electron chi connectivity index (χ1n) is 4.84. The molecule has 2 aromatic heterocycles. The van der Waals surface area contributed by atoms with Gasteiger partial charge in [0.25, 0.3) is 0 Å². The van der Waals surface area contributed by atoms with Crippen LogP contribution < -0.4 is 11.1 Å². The molecular formula is C10H10FN3O2. The van der Waals surface area contributed by atoms with Gasteiger partial charge in [-0.2, -0.15) is 9.37 Å². The average Bonchev–Trinajstić information content (AvgIpc) is 2.26. The Morgan fingerprint density at radius 3 is 2.81 bits per heavy atom. The van der Waals surface area contributed by atoms with Crippen molar-refractivity contribution in [3.8, 4) is 0 Å². The minimum Gasteiger partial charge on any atom is -0.316 e. The van der Waals surface area contributed by atoms with Gasteiger partial charge >= 0.3 is 5.69 Å². The van der Waals surface area contributed by atoms with Gasteiger partial charge in [0.15, 0.2) is 17.0 Å². The lowest BCUT2D eigenvalue weighted by Crippen LogP contribution is -2.24. The van der Waals surface area contributed by atoms with Crippen LogP contribution in [0, 0.1) is 12.9 Å². The SMILES string of the molecule is CCn1cc2c(=O)c(C)c(F)[nH]c2nc1=O. The van der Waals surface area contributed by atoms with Crippen LogP contribution in [0.2, 0.25) is 0 Å². The number of rotatable bonds is 1. The van der Waals surface area contributed by atoms with Gasteiger partial charge in [-0.25, -0.2) is 4.79 Å². The molecule has 2 aromatic rings. The zero-order valence-corrected chi connectivity index (χ0v) is 8.87. The van der Waals surface area contributed by atoms with Crippen molar-refractivity contribution in [3.63, 3.8) is 0 Å². The second-order valence-electron chi connectivity index (χ2n) is 3.46. The maximum absolute atomic E-state index is 13.2. The number of nitrogens with one attached hydrogen (secondary N) is 1. The van der Waals surface area contributed by atoms with Crippen molar-refractivity contribution >= 4 is 11.0 Å². The Labute approximate surface area is 89.6 Å². The molecule has 2 rings (SSSR count). The molecule has 5 nitrogen and oxygen atoms in total. The number of aromatic nitrogens is 3. The van der Waals surface area contributed by atoms with Crippen LogP contribution in [0.4, 0.5) is 4.39 Å². The van der Waals surface area contributed by atoms with Crippen molar-refractivity contribution in [2.24, 2.45) is 0 Å². The van der Waals surface area contributed by atoms with Crippen LogP contribution in [0.25, 0.3) is 11.0 Å². The highest BCUT2D eigenvalue weighted by Crippen LogP contribution is 2.05. The molecule has 16 heavy (non-hydrogen) atoms. The molecule has 84 valence electrons. The van der Waals surface area contributed by atoms with Gasteiger partial charge in [0.1, 0.15) is 0 Å². The predicted molar refractivity (Wildman–Crippen MR) is 57.0 cm³/mol. The van der Waals surface area contributed by atoms with E-state index in [1.807, 2.05) is 0 Å². The summed E-state index contributed by atoms with van der Waals surface area (Å²) in [4.78, 5) is 29.0. The third kappa shape index (κ3) is 1.42. The summed E-state index contributed by atoms with van der Waals surface area (Å²) in [5.74, 6) is -0.751. The maximum Gasteiger partial charge on any atom is 0.349 e. The van der Waals surface area contributed by atoms with E-state index >= 15 is 0 Å². The van der Waals surface area contributed by atoms with E-state index in [0.717, 1.165) is 0 Å². The Kier molecular flexibility index (Phi) is 2.34. The third-order valence-electron chi connectivity index (χ3n) is 2.48. The Bertz CT molecular complexity index is 672. The fourth-order valence-electron chi connectivity index (χ4n) is 1.48. The van der Waals surface area contributed by atoms with Crippen molar-refractivity contribution in [1.82, 2.24) is 14.5 Å². The van der Waals surface area contributed by atoms with E-state index in [1.165, 1.54) is 17.7 Å². The number of aromatic amines is 1. The Balaban J connectivity index is 2.98. The first kappa shape index (κ1) is 10.5. The molecule has 0 aliphatic heterocycles. The van der Waals surface area contributed by atoms with Crippen LogP contribution in [0.5, 0.6) is 0 Å². The van der Waals surface area contributed by atoms with E-state index in [2.05, 4.69) is 9.97 Å². The van der Waals surface area contributed by atoms with Crippen LogP contribution in [0.3, 0.4) is 0 Å². The Morgan fingerprint density at radius 1 is 1.50 bits per heavy atom.